The maximum Gasteiger partial charge on any atom is 0.269 e. The highest BCUT2D eigenvalue weighted by atomic mass is 35.6. The number of rotatable bonds is 5. The van der Waals surface area contributed by atoms with Crippen LogP contribution in [0.4, 0.5) is 5.69 Å². The zero-order valence-corrected chi connectivity index (χ0v) is 14.0. The smallest absolute Gasteiger partial charge is 0.269 e. The van der Waals surface area contributed by atoms with E-state index < -0.39 is 14.8 Å². The summed E-state index contributed by atoms with van der Waals surface area (Å²) in [4.78, 5) is 34.8. The van der Waals surface area contributed by atoms with Crippen molar-refractivity contribution in [2.24, 2.45) is 0 Å². The van der Waals surface area contributed by atoms with E-state index in [1.54, 1.807) is 0 Å². The lowest BCUT2D eigenvalue weighted by Gasteiger charge is -2.32. The minimum Gasteiger partial charge on any atom is -0.338 e. The Bertz CT molecular complexity index is 584. The summed E-state index contributed by atoms with van der Waals surface area (Å²) in [5.74, 6) is -0.743. The van der Waals surface area contributed by atoms with Gasteiger partial charge in [-0.3, -0.25) is 19.7 Å². The van der Waals surface area contributed by atoms with Gasteiger partial charge in [-0.1, -0.05) is 34.8 Å². The first-order valence-corrected chi connectivity index (χ1v) is 7.25. The number of ketones is 1. The highest BCUT2D eigenvalue weighted by molar-refractivity contribution is 6.68. The quantitative estimate of drug-likeness (QED) is 0.346. The summed E-state index contributed by atoms with van der Waals surface area (Å²) in [5, 5.41) is 10.6. The minimum absolute atomic E-state index is 0.129. The van der Waals surface area contributed by atoms with Gasteiger partial charge in [0.05, 0.1) is 11.0 Å². The van der Waals surface area contributed by atoms with Crippen molar-refractivity contribution in [2.45, 2.75) is 23.2 Å². The predicted molar refractivity (Wildman–Crippen MR) is 84.6 cm³/mol. The molecule has 9 heteroatoms. The summed E-state index contributed by atoms with van der Waals surface area (Å²) in [6, 6.07) is 4.13. The zero-order chi connectivity index (χ0) is 17.1. The molecule has 1 amide bonds. The van der Waals surface area contributed by atoms with Gasteiger partial charge in [-0.15, -0.1) is 0 Å². The second-order valence-corrected chi connectivity index (χ2v) is 6.99. The summed E-state index contributed by atoms with van der Waals surface area (Å²) >= 11 is 17.5. The Morgan fingerprint density at radius 2 is 1.77 bits per heavy atom. The predicted octanol–water partition coefficient (Wildman–Crippen LogP) is 3.38. The van der Waals surface area contributed by atoms with Crippen LogP contribution < -0.4 is 0 Å². The monoisotopic (exact) mass is 366 g/mol. The molecule has 0 spiro atoms. The number of nitro groups is 1. The number of amides is 1. The molecule has 0 aliphatic heterocycles. The van der Waals surface area contributed by atoms with Crippen LogP contribution in [-0.2, 0) is 4.79 Å². The van der Waals surface area contributed by atoms with Gasteiger partial charge in [0.1, 0.15) is 0 Å². The molecule has 0 fully saturated rings. The average Bonchev–Trinajstić information content (AvgIpc) is 2.42. The number of nitro benzene ring substituents is 1. The number of Topliss-reactive ketones (excluding diaryl/α,β-unsaturated/α-hetero) is 1. The Kier molecular flexibility index (Phi) is 6.17. The molecule has 120 valence electrons. The first-order chi connectivity index (χ1) is 10.0. The van der Waals surface area contributed by atoms with E-state index in [0.29, 0.717) is 0 Å². The Morgan fingerprint density at radius 3 is 2.14 bits per heavy atom. The van der Waals surface area contributed by atoms with E-state index in [-0.39, 0.29) is 29.4 Å². The molecule has 1 aromatic carbocycles. The van der Waals surface area contributed by atoms with Crippen molar-refractivity contribution in [3.63, 3.8) is 0 Å². The lowest BCUT2D eigenvalue weighted by Crippen LogP contribution is -2.45. The molecule has 0 saturated carbocycles. The summed E-state index contributed by atoms with van der Waals surface area (Å²) in [7, 11) is 1.43. The number of nitrogens with zero attached hydrogens (tertiary/aromatic N) is 2. The van der Waals surface area contributed by atoms with E-state index in [2.05, 4.69) is 0 Å². The third kappa shape index (κ3) is 4.83. The SMILES string of the molecule is CC(=O)N(C)C(CC(=O)c1ccc([N+](=O)[O-])cc1)C(Cl)(Cl)Cl. The molecule has 1 unspecified atom stereocenters. The normalized spacial score (nSPS) is 12.6. The molecule has 22 heavy (non-hydrogen) atoms. The van der Waals surface area contributed by atoms with Crippen LogP contribution in [0.25, 0.3) is 0 Å². The van der Waals surface area contributed by atoms with E-state index in [1.807, 2.05) is 0 Å². The van der Waals surface area contributed by atoms with E-state index >= 15 is 0 Å². The van der Waals surface area contributed by atoms with Crippen molar-refractivity contribution in [3.8, 4) is 0 Å². The van der Waals surface area contributed by atoms with Crippen molar-refractivity contribution in [1.29, 1.82) is 0 Å². The number of benzene rings is 1. The fourth-order valence-corrected chi connectivity index (χ4v) is 2.42. The standard InChI is InChI=1S/C13H13Cl3N2O4/c1-8(19)17(2)12(13(14,15)16)7-11(20)9-3-5-10(6-4-9)18(21)22/h3-6,12H,7H2,1-2H3. The fourth-order valence-electron chi connectivity index (χ4n) is 1.75. The molecular weight excluding hydrogens is 355 g/mol. The van der Waals surface area contributed by atoms with E-state index in [1.165, 1.54) is 43.1 Å². The number of hydrogen-bond donors (Lipinski definition) is 0. The van der Waals surface area contributed by atoms with Crippen molar-refractivity contribution in [3.05, 3.63) is 39.9 Å². The Labute approximate surface area is 142 Å². The van der Waals surface area contributed by atoms with Gasteiger partial charge in [0.15, 0.2) is 5.78 Å². The molecule has 1 aromatic rings. The molecule has 6 nitrogen and oxygen atoms in total. The molecule has 0 bridgehead atoms. The second-order valence-electron chi connectivity index (χ2n) is 4.62. The molecule has 0 aliphatic carbocycles. The van der Waals surface area contributed by atoms with Gasteiger partial charge in [-0.2, -0.15) is 0 Å². The molecule has 0 heterocycles. The number of non-ortho nitro benzene ring substituents is 1. The van der Waals surface area contributed by atoms with Gasteiger partial charge in [0.25, 0.3) is 5.69 Å². The minimum atomic E-state index is -1.84. The van der Waals surface area contributed by atoms with Gasteiger partial charge < -0.3 is 4.90 Å². The van der Waals surface area contributed by atoms with Crippen LogP contribution in [-0.4, -0.2) is 38.4 Å². The number of hydrogen-bond acceptors (Lipinski definition) is 4. The van der Waals surface area contributed by atoms with E-state index in [9.17, 15) is 19.7 Å². The van der Waals surface area contributed by atoms with Gasteiger partial charge in [-0.05, 0) is 12.1 Å². The number of halogens is 3. The third-order valence-corrected chi connectivity index (χ3v) is 3.88. The molecule has 0 aromatic heterocycles. The lowest BCUT2D eigenvalue weighted by atomic mass is 10.0. The lowest BCUT2D eigenvalue weighted by molar-refractivity contribution is -0.384. The van der Waals surface area contributed by atoms with E-state index in [0.717, 1.165) is 0 Å². The van der Waals surface area contributed by atoms with Crippen LogP contribution in [0.1, 0.15) is 23.7 Å². The average molecular weight is 368 g/mol. The van der Waals surface area contributed by atoms with Crippen LogP contribution >= 0.6 is 34.8 Å². The van der Waals surface area contributed by atoms with Crippen LogP contribution in [0, 0.1) is 10.1 Å². The molecule has 0 saturated heterocycles. The Balaban J connectivity index is 2.96. The molecule has 0 aliphatic rings. The maximum absolute atomic E-state index is 12.2. The Morgan fingerprint density at radius 1 is 1.27 bits per heavy atom. The van der Waals surface area contributed by atoms with E-state index in [4.69, 9.17) is 34.8 Å². The van der Waals surface area contributed by atoms with Gasteiger partial charge >= 0.3 is 0 Å². The van der Waals surface area contributed by atoms with Gasteiger partial charge in [0.2, 0.25) is 9.70 Å². The summed E-state index contributed by atoms with van der Waals surface area (Å²) < 4.78 is -1.84. The highest BCUT2D eigenvalue weighted by Crippen LogP contribution is 2.35. The van der Waals surface area contributed by atoms with Crippen molar-refractivity contribution in [1.82, 2.24) is 4.90 Å². The maximum atomic E-state index is 12.2. The van der Waals surface area contributed by atoms with Crippen molar-refractivity contribution >= 4 is 52.2 Å². The topological polar surface area (TPSA) is 80.5 Å². The van der Waals surface area contributed by atoms with Crippen LogP contribution in [0.3, 0.4) is 0 Å². The number of carbonyl (C=O) groups excluding carboxylic acids is 2. The first-order valence-electron chi connectivity index (χ1n) is 6.11. The molecule has 1 rings (SSSR count). The first kappa shape index (κ1) is 18.7. The number of alkyl halides is 3. The van der Waals surface area contributed by atoms with Crippen molar-refractivity contribution < 1.29 is 14.5 Å². The Hall–Kier alpha value is -1.37. The number of carbonyl (C=O) groups is 2. The van der Waals surface area contributed by atoms with Crippen molar-refractivity contribution in [2.75, 3.05) is 7.05 Å². The van der Waals surface area contributed by atoms with Gasteiger partial charge in [0, 0.05) is 38.1 Å². The fraction of sp³-hybridized carbons (Fsp3) is 0.385. The summed E-state index contributed by atoms with van der Waals surface area (Å²) in [5.41, 5.74) is 0.108. The van der Waals surface area contributed by atoms with Crippen LogP contribution in [0.2, 0.25) is 0 Å². The molecular formula is C13H13Cl3N2O4. The summed E-state index contributed by atoms with van der Waals surface area (Å²) in [6.07, 6.45) is -0.218. The largest absolute Gasteiger partial charge is 0.338 e. The highest BCUT2D eigenvalue weighted by Gasteiger charge is 2.38. The third-order valence-electron chi connectivity index (χ3n) is 3.12. The van der Waals surface area contributed by atoms with Gasteiger partial charge in [-0.25, -0.2) is 0 Å². The van der Waals surface area contributed by atoms with Crippen LogP contribution in [0.15, 0.2) is 24.3 Å². The second kappa shape index (κ2) is 7.26. The van der Waals surface area contributed by atoms with Crippen LogP contribution in [0.5, 0.6) is 0 Å². The summed E-state index contributed by atoms with van der Waals surface area (Å²) in [6.45, 7) is 1.29. The molecule has 0 radical (unpaired) electrons. The molecule has 0 N–H and O–H groups in total. The zero-order valence-electron chi connectivity index (χ0n) is 11.8. The molecule has 1 atom stereocenters.